The van der Waals surface area contributed by atoms with Gasteiger partial charge in [-0.3, -0.25) is 0 Å². The zero-order valence-corrected chi connectivity index (χ0v) is 9.40. The summed E-state index contributed by atoms with van der Waals surface area (Å²) in [6.07, 6.45) is 3.51. The van der Waals surface area contributed by atoms with Crippen molar-refractivity contribution in [2.45, 2.75) is 24.8 Å². The fraction of sp³-hybridized carbons (Fsp3) is 0.417. The number of hydrogen-bond donors (Lipinski definition) is 1. The molecular formula is C12H10FNO4. The molecule has 0 radical (unpaired) electrons. The van der Waals surface area contributed by atoms with E-state index in [0.717, 1.165) is 6.42 Å². The first kappa shape index (κ1) is 11.0. The van der Waals surface area contributed by atoms with Gasteiger partial charge < -0.3 is 14.6 Å². The van der Waals surface area contributed by atoms with E-state index < -0.39 is 17.1 Å². The van der Waals surface area contributed by atoms with E-state index in [1.807, 2.05) is 0 Å². The number of benzene rings is 1. The third-order valence-electron chi connectivity index (χ3n) is 3.52. The van der Waals surface area contributed by atoms with Gasteiger partial charge in [-0.05, 0) is 25.3 Å². The van der Waals surface area contributed by atoms with Gasteiger partial charge in [0.1, 0.15) is 5.54 Å². The summed E-state index contributed by atoms with van der Waals surface area (Å²) in [7, 11) is 0. The Hall–Kier alpha value is -2.07. The number of phenolic OH excluding ortho intramolecular Hbond substituents is 1. The highest BCUT2D eigenvalue weighted by Crippen LogP contribution is 2.52. The molecule has 94 valence electrons. The van der Waals surface area contributed by atoms with Gasteiger partial charge in [0.05, 0.1) is 0 Å². The van der Waals surface area contributed by atoms with Gasteiger partial charge in [-0.2, -0.15) is 9.38 Å². The number of hydrogen-bond acceptors (Lipinski definition) is 5. The highest BCUT2D eigenvalue weighted by atomic mass is 19.1. The second-order valence-electron chi connectivity index (χ2n) is 4.41. The Morgan fingerprint density at radius 2 is 2.22 bits per heavy atom. The molecule has 6 heteroatoms. The summed E-state index contributed by atoms with van der Waals surface area (Å²) in [5.74, 6) is -1.26. The van der Waals surface area contributed by atoms with Crippen LogP contribution in [0.3, 0.4) is 0 Å². The first-order chi connectivity index (χ1) is 8.68. The Morgan fingerprint density at radius 1 is 1.44 bits per heavy atom. The normalized spacial score (nSPS) is 18.9. The van der Waals surface area contributed by atoms with Crippen LogP contribution in [0.25, 0.3) is 0 Å². The van der Waals surface area contributed by atoms with Crippen molar-refractivity contribution >= 4 is 6.08 Å². The number of ether oxygens (including phenoxy) is 2. The van der Waals surface area contributed by atoms with Crippen LogP contribution in [0.15, 0.2) is 11.1 Å². The van der Waals surface area contributed by atoms with Crippen molar-refractivity contribution in [3.8, 4) is 17.2 Å². The van der Waals surface area contributed by atoms with E-state index in [1.54, 1.807) is 0 Å². The molecule has 0 aromatic heterocycles. The number of nitrogens with zero attached hydrogens (tertiary/aromatic N) is 1. The van der Waals surface area contributed by atoms with E-state index in [4.69, 9.17) is 9.47 Å². The molecule has 2 aliphatic rings. The van der Waals surface area contributed by atoms with Gasteiger partial charge in [-0.1, -0.05) is 0 Å². The van der Waals surface area contributed by atoms with E-state index in [0.29, 0.717) is 12.8 Å². The maximum atomic E-state index is 13.9. The number of aromatic hydroxyl groups is 1. The lowest BCUT2D eigenvalue weighted by Crippen LogP contribution is -2.32. The SMILES string of the molecule is O=C=NC1(c2cc3c(c(F)c2O)OCO3)CCC1. The summed E-state index contributed by atoms with van der Waals surface area (Å²) >= 11 is 0. The number of halogens is 1. The quantitative estimate of drug-likeness (QED) is 0.644. The number of carbonyl (C=O) groups excluding carboxylic acids is 1. The summed E-state index contributed by atoms with van der Waals surface area (Å²) in [6.45, 7) is -0.0842. The minimum atomic E-state index is -0.868. The molecule has 1 aliphatic heterocycles. The van der Waals surface area contributed by atoms with Crippen LogP contribution in [0.5, 0.6) is 17.2 Å². The zero-order chi connectivity index (χ0) is 12.8. The predicted molar refractivity (Wildman–Crippen MR) is 57.8 cm³/mol. The maximum absolute atomic E-state index is 13.9. The van der Waals surface area contributed by atoms with E-state index in [1.165, 1.54) is 12.1 Å². The largest absolute Gasteiger partial charge is 0.504 e. The second kappa shape index (κ2) is 3.71. The van der Waals surface area contributed by atoms with Gasteiger partial charge in [-0.15, -0.1) is 0 Å². The summed E-state index contributed by atoms with van der Waals surface area (Å²) in [4.78, 5) is 14.2. The molecule has 0 atom stereocenters. The molecule has 1 fully saturated rings. The molecular weight excluding hydrogens is 241 g/mol. The summed E-state index contributed by atoms with van der Waals surface area (Å²) in [5, 5.41) is 9.89. The second-order valence-corrected chi connectivity index (χ2v) is 4.41. The monoisotopic (exact) mass is 251 g/mol. The number of phenols is 1. The lowest BCUT2D eigenvalue weighted by Gasteiger charge is -2.37. The van der Waals surface area contributed by atoms with Crippen molar-refractivity contribution in [2.24, 2.45) is 4.99 Å². The van der Waals surface area contributed by atoms with Crippen molar-refractivity contribution in [1.82, 2.24) is 0 Å². The van der Waals surface area contributed by atoms with Gasteiger partial charge in [0.25, 0.3) is 0 Å². The van der Waals surface area contributed by atoms with Crippen molar-refractivity contribution in [3.63, 3.8) is 0 Å². The Morgan fingerprint density at radius 3 is 2.83 bits per heavy atom. The fourth-order valence-electron chi connectivity index (χ4n) is 2.39. The summed E-state index contributed by atoms with van der Waals surface area (Å²) in [6, 6.07) is 1.49. The number of rotatable bonds is 2. The summed E-state index contributed by atoms with van der Waals surface area (Å²) < 4.78 is 23.9. The van der Waals surface area contributed by atoms with Crippen LogP contribution in [0.4, 0.5) is 4.39 Å². The zero-order valence-electron chi connectivity index (χ0n) is 9.40. The van der Waals surface area contributed by atoms with Crippen LogP contribution in [-0.2, 0) is 10.3 Å². The van der Waals surface area contributed by atoms with Crippen LogP contribution < -0.4 is 9.47 Å². The van der Waals surface area contributed by atoms with E-state index in [2.05, 4.69) is 4.99 Å². The van der Waals surface area contributed by atoms with Gasteiger partial charge in [-0.25, -0.2) is 4.79 Å². The molecule has 1 heterocycles. The average molecular weight is 251 g/mol. The molecule has 0 saturated heterocycles. The van der Waals surface area contributed by atoms with Gasteiger partial charge in [0.15, 0.2) is 11.5 Å². The van der Waals surface area contributed by atoms with Crippen LogP contribution in [0, 0.1) is 5.82 Å². The first-order valence-corrected chi connectivity index (χ1v) is 5.58. The van der Waals surface area contributed by atoms with Crippen molar-refractivity contribution in [1.29, 1.82) is 0 Å². The van der Waals surface area contributed by atoms with Crippen LogP contribution in [-0.4, -0.2) is 18.0 Å². The fourth-order valence-corrected chi connectivity index (χ4v) is 2.39. The first-order valence-electron chi connectivity index (χ1n) is 5.58. The Kier molecular flexibility index (Phi) is 2.28. The van der Waals surface area contributed by atoms with Gasteiger partial charge in [0.2, 0.25) is 24.4 Å². The molecule has 1 aliphatic carbocycles. The van der Waals surface area contributed by atoms with Crippen LogP contribution in [0.1, 0.15) is 24.8 Å². The number of isocyanates is 1. The number of fused-ring (bicyclic) bond motifs is 1. The van der Waals surface area contributed by atoms with Gasteiger partial charge >= 0.3 is 0 Å². The Bertz CT molecular complexity index is 562. The number of aliphatic imine (C=N–C) groups is 1. The molecule has 1 aromatic rings. The molecule has 0 spiro atoms. The highest BCUT2D eigenvalue weighted by Gasteiger charge is 2.43. The lowest BCUT2D eigenvalue weighted by molar-refractivity contribution is 0.170. The smallest absolute Gasteiger partial charge is 0.235 e. The Labute approximate surface area is 102 Å². The van der Waals surface area contributed by atoms with Gasteiger partial charge in [0, 0.05) is 5.56 Å². The van der Waals surface area contributed by atoms with Crippen molar-refractivity contribution < 1.29 is 23.8 Å². The molecule has 1 saturated carbocycles. The summed E-state index contributed by atoms with van der Waals surface area (Å²) in [5.41, 5.74) is -0.605. The average Bonchev–Trinajstić information content (AvgIpc) is 2.77. The highest BCUT2D eigenvalue weighted by molar-refractivity contribution is 5.56. The minimum absolute atomic E-state index is 0.0842. The molecule has 3 rings (SSSR count). The lowest BCUT2D eigenvalue weighted by atomic mass is 9.72. The molecule has 18 heavy (non-hydrogen) atoms. The molecule has 0 bridgehead atoms. The molecule has 1 N–H and O–H groups in total. The molecule has 0 amide bonds. The molecule has 1 aromatic carbocycles. The van der Waals surface area contributed by atoms with Crippen molar-refractivity contribution in [3.05, 3.63) is 17.4 Å². The van der Waals surface area contributed by atoms with Crippen LogP contribution in [0.2, 0.25) is 0 Å². The van der Waals surface area contributed by atoms with E-state index in [9.17, 15) is 14.3 Å². The third kappa shape index (κ3) is 1.32. The molecule has 5 nitrogen and oxygen atoms in total. The minimum Gasteiger partial charge on any atom is -0.504 e. The Balaban J connectivity index is 2.18. The van der Waals surface area contributed by atoms with E-state index >= 15 is 0 Å². The van der Waals surface area contributed by atoms with Crippen molar-refractivity contribution in [2.75, 3.05) is 6.79 Å². The standard InChI is InChI=1S/C12H10FNO4/c13-9-10(16)7(4-8-11(9)18-6-17-8)12(14-5-15)2-1-3-12/h4,16H,1-3,6H2. The predicted octanol–water partition coefficient (Wildman–Crippen LogP) is 1.97. The van der Waals surface area contributed by atoms with Crippen LogP contribution >= 0.6 is 0 Å². The topological polar surface area (TPSA) is 68.1 Å². The van der Waals surface area contributed by atoms with E-state index in [-0.39, 0.29) is 23.9 Å². The maximum Gasteiger partial charge on any atom is 0.235 e. The third-order valence-corrected chi connectivity index (χ3v) is 3.52. The molecule has 0 unspecified atom stereocenters.